The maximum atomic E-state index is 10.6. The summed E-state index contributed by atoms with van der Waals surface area (Å²) < 4.78 is 13.2. The molecule has 0 rings (SSSR count). The molecule has 0 aromatic carbocycles. The van der Waals surface area contributed by atoms with Gasteiger partial charge in [-0.3, -0.25) is 0 Å². The Hall–Kier alpha value is 0.676. The van der Waals surface area contributed by atoms with Crippen LogP contribution in [0.2, 0.25) is 31.4 Å². The van der Waals surface area contributed by atoms with E-state index in [1.807, 2.05) is 0 Å². The Labute approximate surface area is 176 Å². The van der Waals surface area contributed by atoms with Gasteiger partial charge in [-0.15, -0.1) is 0 Å². The molecule has 1 unspecified atom stereocenters. The monoisotopic (exact) mass is 506 g/mol. The Morgan fingerprint density at radius 1 is 0.926 bits per heavy atom. The molecule has 0 amide bonds. The van der Waals surface area contributed by atoms with Crippen molar-refractivity contribution >= 4 is 26.7 Å². The third-order valence-corrected chi connectivity index (χ3v) is 25.1. The van der Waals surface area contributed by atoms with Gasteiger partial charge in [0.25, 0.3) is 0 Å². The van der Waals surface area contributed by atoms with Gasteiger partial charge in [-0.05, 0) is 0 Å². The number of rotatable bonds is 15. The van der Waals surface area contributed by atoms with Crippen LogP contribution in [0.25, 0.3) is 0 Å². The van der Waals surface area contributed by atoms with Gasteiger partial charge in [0.1, 0.15) is 0 Å². The zero-order valence-corrected chi connectivity index (χ0v) is 23.7. The van der Waals surface area contributed by atoms with Gasteiger partial charge >= 0.3 is 177 Å². The van der Waals surface area contributed by atoms with Crippen molar-refractivity contribution in [3.05, 3.63) is 10.2 Å². The second kappa shape index (κ2) is 13.8. The first-order chi connectivity index (χ1) is 12.5. The molecule has 0 aromatic rings. The molecule has 4 heteroatoms. The summed E-state index contributed by atoms with van der Waals surface area (Å²) in [5.74, 6) is 0. The summed E-state index contributed by atoms with van der Waals surface area (Å²) >= 11 is -2.26. The average Bonchev–Trinajstić information content (AvgIpc) is 2.59. The predicted octanol–water partition coefficient (Wildman–Crippen LogP) is 7.70. The van der Waals surface area contributed by atoms with E-state index in [4.69, 9.17) is 4.43 Å². The summed E-state index contributed by atoms with van der Waals surface area (Å²) in [6.45, 7) is 19.0. The maximum absolute atomic E-state index is 10.6. The Kier molecular flexibility index (Phi) is 14.2. The first-order valence-electron chi connectivity index (χ1n) is 11.5. The summed E-state index contributed by atoms with van der Waals surface area (Å²) in [6, 6.07) is 0. The Balaban J connectivity index is 4.87. The molecule has 27 heavy (non-hydrogen) atoms. The fourth-order valence-electron chi connectivity index (χ4n) is 3.27. The van der Waals surface area contributed by atoms with Gasteiger partial charge in [0.2, 0.25) is 0 Å². The van der Waals surface area contributed by atoms with E-state index in [2.05, 4.69) is 64.8 Å². The molecular weight excluding hydrogens is 455 g/mol. The Morgan fingerprint density at radius 3 is 1.74 bits per heavy atom. The van der Waals surface area contributed by atoms with Crippen molar-refractivity contribution in [3.63, 3.8) is 0 Å². The molecule has 1 N–H and O–H groups in total. The molecule has 0 heterocycles. The van der Waals surface area contributed by atoms with Crippen molar-refractivity contribution in [1.82, 2.24) is 0 Å². The second-order valence-corrected chi connectivity index (χ2v) is 27.8. The van der Waals surface area contributed by atoms with Crippen LogP contribution in [0.15, 0.2) is 10.2 Å². The van der Waals surface area contributed by atoms with E-state index in [0.717, 1.165) is 6.42 Å². The van der Waals surface area contributed by atoms with E-state index in [0.29, 0.717) is 6.61 Å². The van der Waals surface area contributed by atoms with Gasteiger partial charge < -0.3 is 0 Å². The van der Waals surface area contributed by atoms with E-state index in [9.17, 15) is 5.11 Å². The van der Waals surface area contributed by atoms with E-state index < -0.39 is 26.7 Å². The van der Waals surface area contributed by atoms with Gasteiger partial charge in [0, 0.05) is 0 Å². The van der Waals surface area contributed by atoms with Crippen LogP contribution in [0.1, 0.15) is 86.5 Å². The van der Waals surface area contributed by atoms with Crippen LogP contribution in [-0.4, -0.2) is 44.5 Å². The minimum absolute atomic E-state index is 0.236. The normalized spacial score (nSPS) is 14.9. The molecule has 1 atom stereocenters. The van der Waals surface area contributed by atoms with Gasteiger partial charge in [0.15, 0.2) is 0 Å². The molecule has 2 nitrogen and oxygen atoms in total. The van der Waals surface area contributed by atoms with Crippen molar-refractivity contribution in [2.75, 3.05) is 6.61 Å². The molecule has 0 aliphatic carbocycles. The fourth-order valence-corrected chi connectivity index (χ4v) is 18.8. The van der Waals surface area contributed by atoms with E-state index in [1.165, 1.54) is 51.8 Å². The average molecular weight is 505 g/mol. The van der Waals surface area contributed by atoms with Crippen molar-refractivity contribution in [2.45, 2.75) is 124 Å². The molecule has 0 fully saturated rings. The van der Waals surface area contributed by atoms with Crippen LogP contribution in [0.4, 0.5) is 0 Å². The molecule has 0 saturated carbocycles. The van der Waals surface area contributed by atoms with E-state index in [-0.39, 0.29) is 11.1 Å². The van der Waals surface area contributed by atoms with Crippen LogP contribution >= 0.6 is 0 Å². The summed E-state index contributed by atoms with van der Waals surface area (Å²) in [7, 11) is -1.71. The number of hydrogen-bond donors (Lipinski definition) is 1. The molecule has 0 spiro atoms. The molecule has 0 saturated heterocycles. The molecular formula is C23H50O2SiSn. The SMILES string of the molecule is CCC[CH2][Sn](/[CH]=C/C(O)CCO[Si](C)(C)C(C)(C)C)([CH2]CCC)[CH2]CCC. The van der Waals surface area contributed by atoms with Crippen LogP contribution in [0.5, 0.6) is 0 Å². The van der Waals surface area contributed by atoms with E-state index in [1.54, 1.807) is 0 Å². The van der Waals surface area contributed by atoms with Crippen molar-refractivity contribution < 1.29 is 9.53 Å². The molecule has 0 radical (unpaired) electrons. The molecule has 0 bridgehead atoms. The minimum atomic E-state index is -2.26. The van der Waals surface area contributed by atoms with Crippen LogP contribution in [0, 0.1) is 0 Å². The Bertz CT molecular complexity index is 380. The number of aliphatic hydroxyl groups is 1. The number of hydrogen-bond acceptors (Lipinski definition) is 2. The summed E-state index contributed by atoms with van der Waals surface area (Å²) in [6.07, 6.45) is 10.6. The van der Waals surface area contributed by atoms with Gasteiger partial charge in [-0.1, -0.05) is 0 Å². The van der Waals surface area contributed by atoms with Crippen LogP contribution in [-0.2, 0) is 4.43 Å². The topological polar surface area (TPSA) is 29.5 Å². The predicted molar refractivity (Wildman–Crippen MR) is 128 cm³/mol. The molecule has 162 valence electrons. The first kappa shape index (κ1) is 27.7. The zero-order chi connectivity index (χ0) is 21.0. The second-order valence-electron chi connectivity index (χ2n) is 10.00. The molecule has 0 aliphatic rings. The number of aliphatic hydroxyl groups excluding tert-OH is 1. The zero-order valence-electron chi connectivity index (χ0n) is 19.9. The summed E-state index contributed by atoms with van der Waals surface area (Å²) in [5, 5.41) is 10.8. The Morgan fingerprint density at radius 2 is 1.37 bits per heavy atom. The third kappa shape index (κ3) is 11.4. The standard InChI is InChI=1S/C11H23O2Si.3C4H9.Sn/c1-7-10(12)8-9-13-14(5,6)11(2,3)4;3*1-3-4-2;/h1,7,10,12H,8-9H2,2-6H3;3*1,3-4H2,2H3;. The third-order valence-electron chi connectivity index (χ3n) is 6.44. The fraction of sp³-hybridized carbons (Fsp3) is 0.913. The molecule has 0 aliphatic heterocycles. The van der Waals surface area contributed by atoms with Crippen LogP contribution in [0.3, 0.4) is 0 Å². The van der Waals surface area contributed by atoms with Crippen LogP contribution < -0.4 is 0 Å². The quantitative estimate of drug-likeness (QED) is 0.231. The van der Waals surface area contributed by atoms with Crippen molar-refractivity contribution in [1.29, 1.82) is 0 Å². The van der Waals surface area contributed by atoms with Gasteiger partial charge in [0.05, 0.1) is 0 Å². The number of unbranched alkanes of at least 4 members (excludes halogenated alkanes) is 3. The van der Waals surface area contributed by atoms with Gasteiger partial charge in [-0.25, -0.2) is 0 Å². The van der Waals surface area contributed by atoms with Gasteiger partial charge in [-0.2, -0.15) is 0 Å². The molecule has 0 aromatic heterocycles. The first-order valence-corrected chi connectivity index (χ1v) is 22.2. The van der Waals surface area contributed by atoms with Crippen molar-refractivity contribution in [2.24, 2.45) is 0 Å². The van der Waals surface area contributed by atoms with Crippen molar-refractivity contribution in [3.8, 4) is 0 Å². The van der Waals surface area contributed by atoms with E-state index >= 15 is 0 Å². The summed E-state index contributed by atoms with van der Waals surface area (Å²) in [5.41, 5.74) is 0. The summed E-state index contributed by atoms with van der Waals surface area (Å²) in [4.78, 5) is 0.